The molecule has 3 rings (SSSR count). The smallest absolute Gasteiger partial charge is 0.243 e. The number of sulfonamides is 1. The molecule has 0 radical (unpaired) electrons. The van der Waals surface area contributed by atoms with E-state index >= 15 is 0 Å². The molecular formula is C21H29N3O2S. The third-order valence-corrected chi connectivity index (χ3v) is 7.20. The molecule has 0 aliphatic carbocycles. The summed E-state index contributed by atoms with van der Waals surface area (Å²) in [4.78, 5) is 4.87. The van der Waals surface area contributed by atoms with Crippen LogP contribution >= 0.6 is 0 Å². The molecule has 2 heterocycles. The number of aromatic nitrogens is 1. The van der Waals surface area contributed by atoms with Crippen molar-refractivity contribution in [2.75, 3.05) is 11.9 Å². The lowest BCUT2D eigenvalue weighted by atomic mass is 9.97. The number of piperidine rings is 1. The van der Waals surface area contributed by atoms with Crippen LogP contribution in [0.3, 0.4) is 0 Å². The largest absolute Gasteiger partial charge is 0.367 e. The van der Waals surface area contributed by atoms with Gasteiger partial charge >= 0.3 is 0 Å². The average Bonchev–Trinajstić information content (AvgIpc) is 2.68. The van der Waals surface area contributed by atoms with Crippen molar-refractivity contribution in [3.05, 3.63) is 53.7 Å². The van der Waals surface area contributed by atoms with Gasteiger partial charge in [-0.05, 0) is 51.3 Å². The molecule has 1 saturated heterocycles. The lowest BCUT2D eigenvalue weighted by molar-refractivity contribution is 0.256. The summed E-state index contributed by atoms with van der Waals surface area (Å²) in [7, 11) is -3.55. The van der Waals surface area contributed by atoms with Gasteiger partial charge in [0.1, 0.15) is 5.82 Å². The van der Waals surface area contributed by atoms with Crippen molar-refractivity contribution in [2.24, 2.45) is 0 Å². The van der Waals surface area contributed by atoms with Crippen LogP contribution in [0.4, 0.5) is 5.82 Å². The molecule has 2 atom stereocenters. The Morgan fingerprint density at radius 3 is 2.67 bits per heavy atom. The van der Waals surface area contributed by atoms with Crippen molar-refractivity contribution in [2.45, 2.75) is 63.4 Å². The quantitative estimate of drug-likeness (QED) is 0.792. The second-order valence-electron chi connectivity index (χ2n) is 7.34. The fraction of sp³-hybridized carbons (Fsp3) is 0.476. The summed E-state index contributed by atoms with van der Waals surface area (Å²) in [6.45, 7) is 6.73. The summed E-state index contributed by atoms with van der Waals surface area (Å²) < 4.78 is 28.4. The second kappa shape index (κ2) is 8.40. The predicted molar refractivity (Wildman–Crippen MR) is 109 cm³/mol. The Morgan fingerprint density at radius 2 is 1.96 bits per heavy atom. The number of hydrogen-bond acceptors (Lipinski definition) is 4. The topological polar surface area (TPSA) is 62.3 Å². The highest BCUT2D eigenvalue weighted by Gasteiger charge is 2.35. The zero-order valence-electron chi connectivity index (χ0n) is 16.4. The molecular weight excluding hydrogens is 358 g/mol. The molecule has 1 aromatic carbocycles. The molecule has 1 aliphatic rings. The predicted octanol–water partition coefficient (Wildman–Crippen LogP) is 4.52. The van der Waals surface area contributed by atoms with Crippen LogP contribution in [0.2, 0.25) is 0 Å². The average molecular weight is 388 g/mol. The Labute approximate surface area is 162 Å². The van der Waals surface area contributed by atoms with Gasteiger partial charge in [-0.2, -0.15) is 4.31 Å². The Hall–Kier alpha value is -1.92. The first-order valence-electron chi connectivity index (χ1n) is 9.73. The van der Waals surface area contributed by atoms with E-state index in [-0.39, 0.29) is 12.1 Å². The van der Waals surface area contributed by atoms with Crippen molar-refractivity contribution < 1.29 is 8.42 Å². The van der Waals surface area contributed by atoms with Gasteiger partial charge in [0.15, 0.2) is 0 Å². The molecule has 0 bridgehead atoms. The number of pyridine rings is 1. The first-order valence-corrected chi connectivity index (χ1v) is 11.2. The zero-order chi connectivity index (χ0) is 19.4. The van der Waals surface area contributed by atoms with Crippen LogP contribution in [-0.4, -0.2) is 30.3 Å². The van der Waals surface area contributed by atoms with Crippen LogP contribution in [0.1, 0.15) is 56.7 Å². The third kappa shape index (κ3) is 4.33. The van der Waals surface area contributed by atoms with Gasteiger partial charge in [0.05, 0.1) is 10.9 Å². The standard InChI is InChI=1S/C21H29N3O2S/c1-4-17(3)23-21-19(8-7-14-22-21)20-9-5-6-15-24(20)27(25,26)18-12-10-16(2)11-13-18/h7-8,10-14,17,20H,4-6,9,15H2,1-3H3,(H,22,23)/t17-,20+/m0/s1. The van der Waals surface area contributed by atoms with Gasteiger partial charge in [-0.3, -0.25) is 0 Å². The number of hydrogen-bond donors (Lipinski definition) is 1. The van der Waals surface area contributed by atoms with Crippen LogP contribution in [0.25, 0.3) is 0 Å². The highest BCUT2D eigenvalue weighted by molar-refractivity contribution is 7.89. The fourth-order valence-electron chi connectivity index (χ4n) is 3.49. The number of nitrogens with zero attached hydrogens (tertiary/aromatic N) is 2. The van der Waals surface area contributed by atoms with Gasteiger partial charge in [-0.25, -0.2) is 13.4 Å². The first kappa shape index (κ1) is 19.8. The third-order valence-electron chi connectivity index (χ3n) is 5.27. The molecule has 2 aromatic rings. The Kier molecular flexibility index (Phi) is 6.17. The number of benzene rings is 1. The number of rotatable bonds is 6. The number of nitrogens with one attached hydrogen (secondary N) is 1. The summed E-state index contributed by atoms with van der Waals surface area (Å²) in [6, 6.07) is 11.1. The summed E-state index contributed by atoms with van der Waals surface area (Å²) in [5.41, 5.74) is 2.02. The second-order valence-corrected chi connectivity index (χ2v) is 9.23. The van der Waals surface area contributed by atoms with Crippen LogP contribution in [0.15, 0.2) is 47.5 Å². The SMILES string of the molecule is CC[C@H](C)Nc1ncccc1[C@H]1CCCCN1S(=O)(=O)c1ccc(C)cc1. The normalized spacial score (nSPS) is 19.6. The Morgan fingerprint density at radius 1 is 1.22 bits per heavy atom. The Bertz CT molecular complexity index is 865. The van der Waals surface area contributed by atoms with Crippen molar-refractivity contribution in [3.63, 3.8) is 0 Å². The minimum atomic E-state index is -3.55. The van der Waals surface area contributed by atoms with E-state index in [1.165, 1.54) is 0 Å². The van der Waals surface area contributed by atoms with E-state index in [4.69, 9.17) is 0 Å². The fourth-order valence-corrected chi connectivity index (χ4v) is 5.17. The van der Waals surface area contributed by atoms with Crippen LogP contribution < -0.4 is 5.32 Å². The van der Waals surface area contributed by atoms with Crippen molar-refractivity contribution in [1.82, 2.24) is 9.29 Å². The molecule has 146 valence electrons. The van der Waals surface area contributed by atoms with Crippen LogP contribution in [-0.2, 0) is 10.0 Å². The maximum Gasteiger partial charge on any atom is 0.243 e. The summed E-state index contributed by atoms with van der Waals surface area (Å²) in [5, 5.41) is 3.44. The van der Waals surface area contributed by atoms with Gasteiger partial charge < -0.3 is 5.32 Å². The molecule has 0 saturated carbocycles. The highest BCUT2D eigenvalue weighted by Crippen LogP contribution is 2.38. The monoisotopic (exact) mass is 387 g/mol. The van der Waals surface area contributed by atoms with E-state index in [2.05, 4.69) is 24.1 Å². The van der Waals surface area contributed by atoms with E-state index in [0.29, 0.717) is 11.4 Å². The molecule has 0 unspecified atom stereocenters. The van der Waals surface area contributed by atoms with E-state index in [1.807, 2.05) is 31.2 Å². The number of anilines is 1. The number of aryl methyl sites for hydroxylation is 1. The molecule has 1 aliphatic heterocycles. The lowest BCUT2D eigenvalue weighted by Gasteiger charge is -2.36. The molecule has 5 nitrogen and oxygen atoms in total. The summed E-state index contributed by atoms with van der Waals surface area (Å²) in [6.07, 6.45) is 5.45. The van der Waals surface area contributed by atoms with Gasteiger partial charge in [-0.1, -0.05) is 37.1 Å². The molecule has 27 heavy (non-hydrogen) atoms. The van der Waals surface area contributed by atoms with Crippen molar-refractivity contribution >= 4 is 15.8 Å². The van der Waals surface area contributed by atoms with Crippen molar-refractivity contribution in [1.29, 1.82) is 0 Å². The minimum Gasteiger partial charge on any atom is -0.367 e. The van der Waals surface area contributed by atoms with Gasteiger partial charge in [-0.15, -0.1) is 0 Å². The van der Waals surface area contributed by atoms with Gasteiger partial charge in [0, 0.05) is 24.3 Å². The highest BCUT2D eigenvalue weighted by atomic mass is 32.2. The van der Waals surface area contributed by atoms with Gasteiger partial charge in [0.25, 0.3) is 0 Å². The molecule has 0 spiro atoms. The van der Waals surface area contributed by atoms with Crippen LogP contribution in [0, 0.1) is 6.92 Å². The molecule has 0 amide bonds. The van der Waals surface area contributed by atoms with Crippen LogP contribution in [0.5, 0.6) is 0 Å². The molecule has 1 N–H and O–H groups in total. The van der Waals surface area contributed by atoms with E-state index in [0.717, 1.165) is 42.6 Å². The summed E-state index contributed by atoms with van der Waals surface area (Å²) in [5.74, 6) is 0.794. The van der Waals surface area contributed by atoms with E-state index in [1.54, 1.807) is 22.6 Å². The van der Waals surface area contributed by atoms with Gasteiger partial charge in [0.2, 0.25) is 10.0 Å². The molecule has 6 heteroatoms. The molecule has 1 fully saturated rings. The maximum absolute atomic E-state index is 13.4. The van der Waals surface area contributed by atoms with Crippen molar-refractivity contribution in [3.8, 4) is 0 Å². The van der Waals surface area contributed by atoms with E-state index in [9.17, 15) is 8.42 Å². The summed E-state index contributed by atoms with van der Waals surface area (Å²) >= 11 is 0. The zero-order valence-corrected chi connectivity index (χ0v) is 17.2. The Balaban J connectivity index is 1.98. The molecule has 1 aromatic heterocycles. The van der Waals surface area contributed by atoms with E-state index < -0.39 is 10.0 Å². The lowest BCUT2D eigenvalue weighted by Crippen LogP contribution is -2.39. The minimum absolute atomic E-state index is 0.190. The first-order chi connectivity index (χ1) is 12.9. The maximum atomic E-state index is 13.4.